The monoisotopic (exact) mass is 327 g/mol. The summed E-state index contributed by atoms with van der Waals surface area (Å²) in [7, 11) is 0.518. The van der Waals surface area contributed by atoms with E-state index in [1.807, 2.05) is 58.8 Å². The molecule has 1 aliphatic rings. The minimum absolute atomic E-state index is 0.0624. The number of benzene rings is 1. The van der Waals surface area contributed by atoms with Crippen LogP contribution in [0.4, 0.5) is 5.69 Å². The van der Waals surface area contributed by atoms with Crippen LogP contribution in [0.15, 0.2) is 24.3 Å². The first kappa shape index (κ1) is 18.4. The molecule has 1 aliphatic heterocycles. The van der Waals surface area contributed by atoms with E-state index >= 15 is 0 Å². The number of carbonyl (C=O) groups is 3. The summed E-state index contributed by atoms with van der Waals surface area (Å²) < 4.78 is 0. The van der Waals surface area contributed by atoms with Crippen molar-refractivity contribution >= 4 is 30.5 Å². The van der Waals surface area contributed by atoms with Crippen molar-refractivity contribution in [3.05, 3.63) is 29.8 Å². The third kappa shape index (κ3) is 3.17. The van der Waals surface area contributed by atoms with Gasteiger partial charge in [0.2, 0.25) is 19.1 Å². The van der Waals surface area contributed by atoms with Gasteiger partial charge in [-0.2, -0.15) is 0 Å². The molecular weight excluding hydrogens is 301 g/mol. The van der Waals surface area contributed by atoms with Gasteiger partial charge in [-0.3, -0.25) is 14.5 Å². The summed E-state index contributed by atoms with van der Waals surface area (Å²) in [5.41, 5.74) is 1.45. The van der Waals surface area contributed by atoms with Crippen LogP contribution in [-0.4, -0.2) is 24.8 Å². The molecule has 5 heteroatoms. The topological polar surface area (TPSA) is 54.5 Å². The molecule has 4 nitrogen and oxygen atoms in total. The van der Waals surface area contributed by atoms with Gasteiger partial charge in [0.15, 0.2) is 0 Å². The van der Waals surface area contributed by atoms with E-state index in [9.17, 15) is 14.4 Å². The molecule has 0 saturated carbocycles. The Morgan fingerprint density at radius 2 is 1.88 bits per heavy atom. The Morgan fingerprint density at radius 1 is 1.29 bits per heavy atom. The first-order valence-corrected chi connectivity index (χ1v) is 8.74. The molecule has 0 aliphatic carbocycles. The Hall–Kier alpha value is -1.91. The van der Waals surface area contributed by atoms with Crippen molar-refractivity contribution in [1.82, 2.24) is 0 Å². The Balaban J connectivity index is 2.24. The highest BCUT2D eigenvalue weighted by Gasteiger charge is 2.38. The van der Waals surface area contributed by atoms with Gasteiger partial charge >= 0.3 is 0 Å². The molecule has 128 valence electrons. The second-order valence-electron chi connectivity index (χ2n) is 7.19. The van der Waals surface area contributed by atoms with Crippen molar-refractivity contribution in [1.29, 1.82) is 0 Å². The van der Waals surface area contributed by atoms with Crippen molar-refractivity contribution in [3.8, 4) is 0 Å². The van der Waals surface area contributed by atoms with Crippen LogP contribution in [0.5, 0.6) is 0 Å². The maximum Gasteiger partial charge on any atom is 0.237 e. The smallest absolute Gasteiger partial charge is 0.237 e. The van der Waals surface area contributed by atoms with Crippen LogP contribution in [0.1, 0.15) is 52.0 Å². The maximum atomic E-state index is 12.3. The highest BCUT2D eigenvalue weighted by molar-refractivity contribution is 6.73. The summed E-state index contributed by atoms with van der Waals surface area (Å²) in [6, 6.07) is 7.47. The summed E-state index contributed by atoms with van der Waals surface area (Å²) >= 11 is 0. The standard InChI is InChI=1S/C19H26BNO3/c1-6-13-11-16(22)21(17(13)23)15-9-7-14(8-10-15)12(2)19(3,4)18(24)20-5/h7-10,12-13,20H,6,11H2,1-5H3. The first-order valence-electron chi connectivity index (χ1n) is 8.74. The maximum absolute atomic E-state index is 12.3. The number of hydrogen-bond donors (Lipinski definition) is 0. The number of hydrogen-bond acceptors (Lipinski definition) is 3. The Morgan fingerprint density at radius 3 is 2.33 bits per heavy atom. The number of imide groups is 1. The fourth-order valence-corrected chi connectivity index (χ4v) is 3.31. The largest absolute Gasteiger partial charge is 0.311 e. The van der Waals surface area contributed by atoms with E-state index in [1.165, 1.54) is 4.90 Å². The van der Waals surface area contributed by atoms with Crippen molar-refractivity contribution in [2.75, 3.05) is 4.90 Å². The van der Waals surface area contributed by atoms with Crippen LogP contribution in [0, 0.1) is 11.3 Å². The second-order valence-corrected chi connectivity index (χ2v) is 7.19. The normalized spacial score (nSPS) is 19.5. The molecule has 0 radical (unpaired) electrons. The summed E-state index contributed by atoms with van der Waals surface area (Å²) in [5.74, 6) is -0.372. The van der Waals surface area contributed by atoms with Crippen LogP contribution in [0.25, 0.3) is 0 Å². The molecule has 24 heavy (non-hydrogen) atoms. The fraction of sp³-hybridized carbons (Fsp3) is 0.526. The molecule has 2 rings (SSSR count). The van der Waals surface area contributed by atoms with Gasteiger partial charge in [-0.1, -0.05) is 46.7 Å². The van der Waals surface area contributed by atoms with E-state index in [4.69, 9.17) is 0 Å². The Labute approximate surface area is 144 Å². The van der Waals surface area contributed by atoms with Crippen molar-refractivity contribution in [3.63, 3.8) is 0 Å². The molecule has 2 amide bonds. The third-order valence-corrected chi connectivity index (χ3v) is 5.51. The highest BCUT2D eigenvalue weighted by atomic mass is 16.2. The number of anilines is 1. The minimum Gasteiger partial charge on any atom is -0.311 e. The number of nitrogens with zero attached hydrogens (tertiary/aromatic N) is 1. The lowest BCUT2D eigenvalue weighted by molar-refractivity contribution is -0.122. The molecule has 1 saturated heterocycles. The van der Waals surface area contributed by atoms with Gasteiger partial charge in [-0.25, -0.2) is 0 Å². The third-order valence-electron chi connectivity index (χ3n) is 5.51. The zero-order chi connectivity index (χ0) is 18.1. The SMILES string of the molecule is CBC(=O)C(C)(C)C(C)c1ccc(N2C(=O)CC(CC)C2=O)cc1. The molecule has 0 N–H and O–H groups in total. The summed E-state index contributed by atoms with van der Waals surface area (Å²) in [6.45, 7) is 9.79. The molecule has 0 bridgehead atoms. The second kappa shape index (κ2) is 6.92. The zero-order valence-electron chi connectivity index (χ0n) is 15.3. The lowest BCUT2D eigenvalue weighted by Crippen LogP contribution is -2.33. The quantitative estimate of drug-likeness (QED) is 0.596. The molecule has 1 aromatic carbocycles. The first-order chi connectivity index (χ1) is 11.2. The number of carbonyl (C=O) groups excluding carboxylic acids is 3. The minimum atomic E-state index is -0.442. The highest BCUT2D eigenvalue weighted by Crippen LogP contribution is 2.37. The van der Waals surface area contributed by atoms with Gasteiger partial charge in [-0.05, 0) is 30.0 Å². The lowest BCUT2D eigenvalue weighted by atomic mass is 9.59. The van der Waals surface area contributed by atoms with Gasteiger partial charge < -0.3 is 4.79 Å². The van der Waals surface area contributed by atoms with Crippen LogP contribution in [-0.2, 0) is 14.4 Å². The fourth-order valence-electron chi connectivity index (χ4n) is 3.31. The van der Waals surface area contributed by atoms with Gasteiger partial charge in [0.25, 0.3) is 0 Å². The van der Waals surface area contributed by atoms with Crippen LogP contribution in [0.2, 0.25) is 6.82 Å². The molecular formula is C19H26BNO3. The molecule has 2 unspecified atom stereocenters. The summed E-state index contributed by atoms with van der Waals surface area (Å²) in [5, 5.41) is 0. The van der Waals surface area contributed by atoms with E-state index in [1.54, 1.807) is 0 Å². The average molecular weight is 327 g/mol. The van der Waals surface area contributed by atoms with E-state index in [-0.39, 0.29) is 29.3 Å². The number of amides is 2. The van der Waals surface area contributed by atoms with E-state index in [0.717, 1.165) is 5.56 Å². The van der Waals surface area contributed by atoms with E-state index < -0.39 is 5.41 Å². The summed E-state index contributed by atoms with van der Waals surface area (Å²) in [4.78, 5) is 37.9. The molecule has 0 aromatic heterocycles. The molecule has 1 heterocycles. The van der Waals surface area contributed by atoms with Gasteiger partial charge in [0.05, 0.1) is 11.4 Å². The van der Waals surface area contributed by atoms with Gasteiger partial charge in [0.1, 0.15) is 0 Å². The van der Waals surface area contributed by atoms with Crippen molar-refractivity contribution < 1.29 is 14.4 Å². The Bertz CT molecular complexity index is 651. The summed E-state index contributed by atoms with van der Waals surface area (Å²) in [6.07, 6.45) is 0.981. The molecule has 1 aromatic rings. The van der Waals surface area contributed by atoms with Crippen LogP contribution in [0.3, 0.4) is 0 Å². The van der Waals surface area contributed by atoms with Crippen LogP contribution < -0.4 is 4.90 Å². The van der Waals surface area contributed by atoms with Crippen LogP contribution >= 0.6 is 0 Å². The Kier molecular flexibility index (Phi) is 5.31. The van der Waals surface area contributed by atoms with Crippen molar-refractivity contribution in [2.45, 2.75) is 53.3 Å². The van der Waals surface area contributed by atoms with Gasteiger partial charge in [0, 0.05) is 17.8 Å². The molecule has 0 spiro atoms. The number of rotatable bonds is 6. The predicted octanol–water partition coefficient (Wildman–Crippen LogP) is 3.12. The molecule has 2 atom stereocenters. The average Bonchev–Trinajstić information content (AvgIpc) is 2.87. The predicted molar refractivity (Wildman–Crippen MR) is 97.5 cm³/mol. The van der Waals surface area contributed by atoms with E-state index in [2.05, 4.69) is 0 Å². The van der Waals surface area contributed by atoms with Crippen molar-refractivity contribution in [2.24, 2.45) is 11.3 Å². The zero-order valence-corrected chi connectivity index (χ0v) is 15.3. The van der Waals surface area contributed by atoms with Gasteiger partial charge in [-0.15, -0.1) is 0 Å². The molecule has 1 fully saturated rings. The van der Waals surface area contributed by atoms with E-state index in [0.29, 0.717) is 25.8 Å². The lowest BCUT2D eigenvalue weighted by Gasteiger charge is -2.31.